The number of nitrogens with one attached hydrogen (secondary N) is 1. The minimum atomic E-state index is -0.365. The van der Waals surface area contributed by atoms with Gasteiger partial charge in [0.15, 0.2) is 11.5 Å². The molecule has 1 N–H and O–H groups in total. The standard InChI is InChI=1S/C18H19N3O3/c1-3-7-21(8-4-2)18(22)15(10-19)12-20-11-14-5-6-16-17(9-14)24-13-23-16/h3-6,9,12,20H,1-2,7-8,11,13H2/b15-12-. The van der Waals surface area contributed by atoms with Crippen molar-refractivity contribution >= 4 is 5.91 Å². The molecular formula is C18H19N3O3. The number of ether oxygens (including phenoxy) is 2. The van der Waals surface area contributed by atoms with Gasteiger partial charge in [0.1, 0.15) is 11.6 Å². The summed E-state index contributed by atoms with van der Waals surface area (Å²) >= 11 is 0. The smallest absolute Gasteiger partial charge is 0.266 e. The largest absolute Gasteiger partial charge is 0.454 e. The maximum Gasteiger partial charge on any atom is 0.266 e. The lowest BCUT2D eigenvalue weighted by atomic mass is 10.2. The van der Waals surface area contributed by atoms with Crippen molar-refractivity contribution in [2.75, 3.05) is 19.9 Å². The van der Waals surface area contributed by atoms with Crippen LogP contribution in [0.25, 0.3) is 0 Å². The number of amides is 1. The highest BCUT2D eigenvalue weighted by atomic mass is 16.7. The normalized spacial score (nSPS) is 12.2. The van der Waals surface area contributed by atoms with Crippen LogP contribution in [-0.2, 0) is 11.3 Å². The number of hydrogen-bond donors (Lipinski definition) is 1. The van der Waals surface area contributed by atoms with Crippen LogP contribution in [0, 0.1) is 11.3 Å². The molecular weight excluding hydrogens is 306 g/mol. The number of nitrogens with zero attached hydrogens (tertiary/aromatic N) is 2. The molecule has 1 heterocycles. The monoisotopic (exact) mass is 325 g/mol. The van der Waals surface area contributed by atoms with E-state index in [1.807, 2.05) is 24.3 Å². The summed E-state index contributed by atoms with van der Waals surface area (Å²) < 4.78 is 10.6. The van der Waals surface area contributed by atoms with Crippen LogP contribution in [0.5, 0.6) is 11.5 Å². The van der Waals surface area contributed by atoms with Gasteiger partial charge in [-0.25, -0.2) is 0 Å². The highest BCUT2D eigenvalue weighted by Crippen LogP contribution is 2.32. The maximum atomic E-state index is 12.3. The molecule has 0 aliphatic carbocycles. The molecule has 0 aromatic heterocycles. The summed E-state index contributed by atoms with van der Waals surface area (Å²) in [6.07, 6.45) is 4.64. The number of fused-ring (bicyclic) bond motifs is 1. The van der Waals surface area contributed by atoms with Crippen molar-refractivity contribution in [3.63, 3.8) is 0 Å². The quantitative estimate of drug-likeness (QED) is 0.450. The minimum absolute atomic E-state index is 0.0273. The molecule has 0 fully saturated rings. The van der Waals surface area contributed by atoms with Gasteiger partial charge in [-0.05, 0) is 17.7 Å². The lowest BCUT2D eigenvalue weighted by Gasteiger charge is -2.18. The summed E-state index contributed by atoms with van der Waals surface area (Å²) in [7, 11) is 0. The Bertz CT molecular complexity index is 694. The van der Waals surface area contributed by atoms with E-state index in [-0.39, 0.29) is 18.3 Å². The van der Waals surface area contributed by atoms with Crippen LogP contribution in [0.15, 0.2) is 55.3 Å². The third kappa shape index (κ3) is 4.17. The highest BCUT2D eigenvalue weighted by molar-refractivity contribution is 5.97. The van der Waals surface area contributed by atoms with Gasteiger partial charge in [0.2, 0.25) is 6.79 Å². The minimum Gasteiger partial charge on any atom is -0.454 e. The van der Waals surface area contributed by atoms with Crippen LogP contribution < -0.4 is 14.8 Å². The molecule has 1 aromatic carbocycles. The van der Waals surface area contributed by atoms with E-state index in [1.165, 1.54) is 11.1 Å². The fourth-order valence-corrected chi connectivity index (χ4v) is 2.19. The molecule has 0 saturated carbocycles. The van der Waals surface area contributed by atoms with Crippen molar-refractivity contribution in [1.82, 2.24) is 10.2 Å². The van der Waals surface area contributed by atoms with Crippen molar-refractivity contribution in [2.24, 2.45) is 0 Å². The molecule has 124 valence electrons. The van der Waals surface area contributed by atoms with E-state index in [4.69, 9.17) is 9.47 Å². The van der Waals surface area contributed by atoms with Gasteiger partial charge in [0.05, 0.1) is 0 Å². The van der Waals surface area contributed by atoms with E-state index in [0.29, 0.717) is 31.1 Å². The number of rotatable bonds is 8. The molecule has 2 rings (SSSR count). The third-order valence-electron chi connectivity index (χ3n) is 3.33. The van der Waals surface area contributed by atoms with Gasteiger partial charge in [0, 0.05) is 25.8 Å². The Kier molecular flexibility index (Phi) is 6.03. The van der Waals surface area contributed by atoms with E-state index < -0.39 is 0 Å². The highest BCUT2D eigenvalue weighted by Gasteiger charge is 2.16. The first-order chi connectivity index (χ1) is 11.7. The predicted molar refractivity (Wildman–Crippen MR) is 90.1 cm³/mol. The zero-order valence-corrected chi connectivity index (χ0v) is 13.3. The second kappa shape index (κ2) is 8.44. The summed E-state index contributed by atoms with van der Waals surface area (Å²) in [5.74, 6) is 1.04. The fraction of sp³-hybridized carbons (Fsp3) is 0.222. The average molecular weight is 325 g/mol. The summed E-state index contributed by atoms with van der Waals surface area (Å²) in [6, 6.07) is 7.50. The Morgan fingerprint density at radius 2 is 2.00 bits per heavy atom. The molecule has 1 amide bonds. The first kappa shape index (κ1) is 17.2. The Morgan fingerprint density at radius 1 is 1.29 bits per heavy atom. The van der Waals surface area contributed by atoms with Crippen molar-refractivity contribution in [1.29, 1.82) is 5.26 Å². The summed E-state index contributed by atoms with van der Waals surface area (Å²) in [4.78, 5) is 13.8. The molecule has 1 aliphatic heterocycles. The van der Waals surface area contributed by atoms with Crippen LogP contribution in [0.1, 0.15) is 5.56 Å². The summed E-state index contributed by atoms with van der Waals surface area (Å²) in [6.45, 7) is 8.61. The lowest BCUT2D eigenvalue weighted by molar-refractivity contribution is -0.125. The Morgan fingerprint density at radius 3 is 2.67 bits per heavy atom. The van der Waals surface area contributed by atoms with Crippen molar-refractivity contribution in [2.45, 2.75) is 6.54 Å². The predicted octanol–water partition coefficient (Wildman–Crippen LogP) is 2.11. The van der Waals surface area contributed by atoms with Gasteiger partial charge < -0.3 is 19.7 Å². The number of benzene rings is 1. The van der Waals surface area contributed by atoms with Crippen LogP contribution in [0.2, 0.25) is 0 Å². The van der Waals surface area contributed by atoms with Crippen LogP contribution in [0.3, 0.4) is 0 Å². The topological polar surface area (TPSA) is 74.6 Å². The zero-order valence-electron chi connectivity index (χ0n) is 13.3. The number of carbonyl (C=O) groups is 1. The van der Waals surface area contributed by atoms with Gasteiger partial charge in [-0.15, -0.1) is 13.2 Å². The first-order valence-corrected chi connectivity index (χ1v) is 7.42. The number of hydrogen-bond acceptors (Lipinski definition) is 5. The molecule has 1 aromatic rings. The van der Waals surface area contributed by atoms with Crippen molar-refractivity contribution in [3.05, 3.63) is 60.8 Å². The van der Waals surface area contributed by atoms with Gasteiger partial charge in [-0.3, -0.25) is 4.79 Å². The Hall–Kier alpha value is -3.20. The second-order valence-electron chi connectivity index (χ2n) is 5.03. The Labute approximate surface area is 141 Å². The Balaban J connectivity index is 2.00. The average Bonchev–Trinajstić information content (AvgIpc) is 3.06. The first-order valence-electron chi connectivity index (χ1n) is 7.42. The molecule has 1 aliphatic rings. The molecule has 6 nitrogen and oxygen atoms in total. The van der Waals surface area contributed by atoms with E-state index >= 15 is 0 Å². The summed E-state index contributed by atoms with van der Waals surface area (Å²) in [5.41, 5.74) is 0.980. The molecule has 6 heteroatoms. The van der Waals surface area contributed by atoms with Crippen molar-refractivity contribution in [3.8, 4) is 17.6 Å². The molecule has 0 bridgehead atoms. The fourth-order valence-electron chi connectivity index (χ4n) is 2.19. The van der Waals surface area contributed by atoms with Crippen LogP contribution in [-0.4, -0.2) is 30.7 Å². The lowest BCUT2D eigenvalue weighted by Crippen LogP contribution is -2.32. The molecule has 0 saturated heterocycles. The van der Waals surface area contributed by atoms with Gasteiger partial charge in [-0.1, -0.05) is 18.2 Å². The number of nitriles is 1. The third-order valence-corrected chi connectivity index (χ3v) is 3.33. The zero-order chi connectivity index (χ0) is 17.4. The van der Waals surface area contributed by atoms with Crippen LogP contribution >= 0.6 is 0 Å². The van der Waals surface area contributed by atoms with Gasteiger partial charge in [-0.2, -0.15) is 5.26 Å². The van der Waals surface area contributed by atoms with Gasteiger partial charge in [0.25, 0.3) is 5.91 Å². The molecule has 24 heavy (non-hydrogen) atoms. The SMILES string of the molecule is C=CCN(CC=C)C(=O)/C(C#N)=C\NCc1ccc2c(c1)OCO2. The van der Waals surface area contributed by atoms with E-state index in [1.54, 1.807) is 12.2 Å². The van der Waals surface area contributed by atoms with E-state index in [0.717, 1.165) is 5.56 Å². The summed E-state index contributed by atoms with van der Waals surface area (Å²) in [5, 5.41) is 12.2. The molecule has 0 atom stereocenters. The van der Waals surface area contributed by atoms with Crippen molar-refractivity contribution < 1.29 is 14.3 Å². The van der Waals surface area contributed by atoms with E-state index in [9.17, 15) is 10.1 Å². The van der Waals surface area contributed by atoms with E-state index in [2.05, 4.69) is 18.5 Å². The van der Waals surface area contributed by atoms with Crippen LogP contribution in [0.4, 0.5) is 0 Å². The maximum absolute atomic E-state index is 12.3. The second-order valence-corrected chi connectivity index (χ2v) is 5.03. The number of carbonyl (C=O) groups excluding carboxylic acids is 1. The molecule has 0 unspecified atom stereocenters. The van der Waals surface area contributed by atoms with Gasteiger partial charge >= 0.3 is 0 Å². The molecule has 0 radical (unpaired) electrons. The molecule has 0 spiro atoms.